The third-order valence-corrected chi connectivity index (χ3v) is 8.55. The molecule has 2 aromatic carbocycles. The molecule has 12 nitrogen and oxygen atoms in total. The number of anilines is 4. The first-order chi connectivity index (χ1) is 23.7. The summed E-state index contributed by atoms with van der Waals surface area (Å²) in [7, 11) is 0. The minimum atomic E-state index is 0.131. The first kappa shape index (κ1) is 32.2. The van der Waals surface area contributed by atoms with Gasteiger partial charge in [0.15, 0.2) is 11.5 Å². The highest BCUT2D eigenvalue weighted by molar-refractivity contribution is 5.54. The van der Waals surface area contributed by atoms with Crippen LogP contribution in [-0.2, 0) is 9.47 Å². The minimum Gasteiger partial charge on any atom is -0.490 e. The van der Waals surface area contributed by atoms with Gasteiger partial charge >= 0.3 is 0 Å². The Morgan fingerprint density at radius 2 is 0.979 bits per heavy atom. The second-order valence-corrected chi connectivity index (χ2v) is 12.6. The highest BCUT2D eigenvalue weighted by atomic mass is 16.5. The summed E-state index contributed by atoms with van der Waals surface area (Å²) in [4.78, 5) is 17.2. The molecule has 4 aliphatic rings. The van der Waals surface area contributed by atoms with E-state index in [1.807, 2.05) is 24.3 Å². The fourth-order valence-corrected chi connectivity index (χ4v) is 5.29. The predicted octanol–water partition coefficient (Wildman–Crippen LogP) is 5.34. The number of aromatic nitrogens is 4. The number of rotatable bonds is 12. The number of benzene rings is 2. The van der Waals surface area contributed by atoms with Crippen LogP contribution in [0.1, 0.15) is 49.0 Å². The van der Waals surface area contributed by atoms with Gasteiger partial charge in [-0.25, -0.2) is 19.9 Å². The maximum absolute atomic E-state index is 5.76. The van der Waals surface area contributed by atoms with E-state index in [1.165, 1.54) is 36.8 Å². The Hall–Kier alpha value is -4.36. The maximum Gasteiger partial charge on any atom is 0.227 e. The zero-order valence-corrected chi connectivity index (χ0v) is 27.1. The summed E-state index contributed by atoms with van der Waals surface area (Å²) >= 11 is 0. The number of nitrogens with zero attached hydrogens (tertiary/aromatic N) is 4. The lowest BCUT2D eigenvalue weighted by Gasteiger charge is -2.24. The van der Waals surface area contributed by atoms with Crippen LogP contribution in [0.2, 0.25) is 0 Å². The van der Waals surface area contributed by atoms with Crippen molar-refractivity contribution in [2.45, 2.75) is 37.9 Å². The Morgan fingerprint density at radius 1 is 0.583 bits per heavy atom. The molecule has 0 unspecified atom stereocenters. The van der Waals surface area contributed by atoms with Crippen molar-refractivity contribution >= 4 is 23.3 Å². The molecule has 0 spiro atoms. The lowest BCUT2D eigenvalue weighted by molar-refractivity contribution is 0.0276. The molecule has 4 heterocycles. The van der Waals surface area contributed by atoms with Crippen LogP contribution >= 0.6 is 0 Å². The summed E-state index contributed by atoms with van der Waals surface area (Å²) in [6, 6.07) is 16.4. The molecule has 2 aliphatic carbocycles. The Morgan fingerprint density at radius 3 is 1.31 bits per heavy atom. The van der Waals surface area contributed by atoms with Gasteiger partial charge in [0.25, 0.3) is 0 Å². The van der Waals surface area contributed by atoms with Crippen molar-refractivity contribution < 1.29 is 18.9 Å². The molecule has 48 heavy (non-hydrogen) atoms. The monoisotopic (exact) mass is 652 g/mol. The van der Waals surface area contributed by atoms with Crippen LogP contribution in [0.5, 0.6) is 11.5 Å². The molecule has 8 rings (SSSR count). The summed E-state index contributed by atoms with van der Waals surface area (Å²) in [5.74, 6) is 4.04. The van der Waals surface area contributed by atoms with E-state index in [4.69, 9.17) is 18.9 Å². The molecule has 0 amide bonds. The van der Waals surface area contributed by atoms with Gasteiger partial charge in [-0.2, -0.15) is 0 Å². The molecular weight excluding hydrogens is 608 g/mol. The Kier molecular flexibility index (Phi) is 10.8. The lowest BCUT2D eigenvalue weighted by Crippen LogP contribution is -2.33. The van der Waals surface area contributed by atoms with Crippen LogP contribution in [0.15, 0.2) is 73.3 Å². The Balaban J connectivity index is 0.000000152. The standard InChI is InChI=1S/2C18H22N4O2/c2*1-2-13(1)12-24-16-9-20-18(21-10-16)22-15-5-3-14(4-6-15)17-11-19-7-8-23-17/h2*3-6,9-10,13,17,19H,1-2,7-8,11-12H2,(H,20,21,22)/t2*17-/m10/s1. The van der Waals surface area contributed by atoms with E-state index in [-0.39, 0.29) is 12.2 Å². The van der Waals surface area contributed by atoms with E-state index in [9.17, 15) is 0 Å². The van der Waals surface area contributed by atoms with Gasteiger partial charge in [0, 0.05) is 37.6 Å². The van der Waals surface area contributed by atoms with Crippen molar-refractivity contribution in [2.24, 2.45) is 11.8 Å². The average molecular weight is 653 g/mol. The quantitative estimate of drug-likeness (QED) is 0.157. The maximum atomic E-state index is 5.76. The van der Waals surface area contributed by atoms with Gasteiger partial charge in [0.1, 0.15) is 0 Å². The number of nitrogens with one attached hydrogen (secondary N) is 4. The molecule has 4 N–H and O–H groups in total. The minimum absolute atomic E-state index is 0.131. The van der Waals surface area contributed by atoms with Gasteiger partial charge in [0.2, 0.25) is 11.9 Å². The third kappa shape index (κ3) is 9.83. The molecule has 4 aromatic rings. The number of hydrogen-bond donors (Lipinski definition) is 4. The second kappa shape index (κ2) is 16.2. The van der Waals surface area contributed by atoms with E-state index in [0.29, 0.717) is 11.9 Å². The summed E-state index contributed by atoms with van der Waals surface area (Å²) in [6.07, 6.45) is 12.2. The third-order valence-electron chi connectivity index (χ3n) is 8.55. The molecule has 12 heteroatoms. The van der Waals surface area contributed by atoms with Crippen molar-refractivity contribution in [3.8, 4) is 11.5 Å². The fraction of sp³-hybridized carbons (Fsp3) is 0.444. The molecule has 2 saturated carbocycles. The van der Waals surface area contributed by atoms with Crippen LogP contribution in [-0.4, -0.2) is 72.5 Å². The molecule has 2 aromatic heterocycles. The lowest BCUT2D eigenvalue weighted by atomic mass is 10.1. The highest BCUT2D eigenvalue weighted by Gasteiger charge is 2.23. The summed E-state index contributed by atoms with van der Waals surface area (Å²) in [5, 5.41) is 13.1. The van der Waals surface area contributed by atoms with Crippen LogP contribution in [0.3, 0.4) is 0 Å². The van der Waals surface area contributed by atoms with Gasteiger partial charge in [0.05, 0.1) is 63.4 Å². The highest BCUT2D eigenvalue weighted by Crippen LogP contribution is 2.30. The first-order valence-corrected chi connectivity index (χ1v) is 17.0. The number of morpholine rings is 2. The fourth-order valence-electron chi connectivity index (χ4n) is 5.29. The largest absolute Gasteiger partial charge is 0.490 e. The number of hydrogen-bond acceptors (Lipinski definition) is 12. The molecule has 4 fully saturated rings. The van der Waals surface area contributed by atoms with E-state index in [1.54, 1.807) is 24.8 Å². The molecule has 0 radical (unpaired) electrons. The molecule has 2 saturated heterocycles. The van der Waals surface area contributed by atoms with Crippen LogP contribution in [0, 0.1) is 11.8 Å². The zero-order valence-electron chi connectivity index (χ0n) is 27.1. The zero-order chi connectivity index (χ0) is 32.4. The van der Waals surface area contributed by atoms with Crippen molar-refractivity contribution in [2.75, 3.05) is 63.2 Å². The van der Waals surface area contributed by atoms with E-state index >= 15 is 0 Å². The SMILES string of the molecule is c1cc([C@@H]2CNCCO2)ccc1Nc1ncc(OCC2CC2)cn1.c1cc([C@H]2CNCCO2)ccc1Nc1ncc(OCC2CC2)cn1. The first-order valence-electron chi connectivity index (χ1n) is 17.0. The normalized spacial score (nSPS) is 20.6. The number of ether oxygens (including phenoxy) is 4. The van der Waals surface area contributed by atoms with Gasteiger partial charge in [-0.05, 0) is 72.9 Å². The summed E-state index contributed by atoms with van der Waals surface area (Å²) < 4.78 is 22.8. The predicted molar refractivity (Wildman–Crippen MR) is 183 cm³/mol. The van der Waals surface area contributed by atoms with Crippen molar-refractivity contribution in [1.82, 2.24) is 30.6 Å². The van der Waals surface area contributed by atoms with Crippen LogP contribution in [0.25, 0.3) is 0 Å². The Labute approximate surface area is 281 Å². The summed E-state index contributed by atoms with van der Waals surface area (Å²) in [5.41, 5.74) is 4.26. The van der Waals surface area contributed by atoms with Crippen LogP contribution < -0.4 is 30.7 Å². The van der Waals surface area contributed by atoms with Gasteiger partial charge in [-0.3, -0.25) is 0 Å². The topological polar surface area (TPSA) is 137 Å². The average Bonchev–Trinajstić information content (AvgIpc) is 4.10. The van der Waals surface area contributed by atoms with Crippen molar-refractivity contribution in [3.05, 3.63) is 84.4 Å². The molecule has 2 atom stereocenters. The molecule has 2 aliphatic heterocycles. The van der Waals surface area contributed by atoms with Crippen molar-refractivity contribution in [1.29, 1.82) is 0 Å². The summed E-state index contributed by atoms with van der Waals surface area (Å²) in [6.45, 7) is 6.63. The molecular formula is C36H44N8O4. The van der Waals surface area contributed by atoms with E-state index < -0.39 is 0 Å². The van der Waals surface area contributed by atoms with Crippen molar-refractivity contribution in [3.63, 3.8) is 0 Å². The van der Waals surface area contributed by atoms with Crippen LogP contribution in [0.4, 0.5) is 23.3 Å². The van der Waals surface area contributed by atoms with E-state index in [0.717, 1.165) is 87.3 Å². The smallest absolute Gasteiger partial charge is 0.227 e. The molecule has 0 bridgehead atoms. The Bertz CT molecular complexity index is 1420. The van der Waals surface area contributed by atoms with Gasteiger partial charge in [-0.1, -0.05) is 24.3 Å². The van der Waals surface area contributed by atoms with Gasteiger partial charge in [-0.15, -0.1) is 0 Å². The van der Waals surface area contributed by atoms with Gasteiger partial charge < -0.3 is 40.2 Å². The van der Waals surface area contributed by atoms with E-state index in [2.05, 4.69) is 65.5 Å². The molecule has 252 valence electrons. The second-order valence-electron chi connectivity index (χ2n) is 12.6.